The summed E-state index contributed by atoms with van der Waals surface area (Å²) in [7, 11) is 0. The van der Waals surface area contributed by atoms with Crippen molar-refractivity contribution in [3.8, 4) is 0 Å². The number of aromatic amines is 1. The summed E-state index contributed by atoms with van der Waals surface area (Å²) < 4.78 is 18.1. The molecule has 27 heavy (non-hydrogen) atoms. The first kappa shape index (κ1) is 23.2. The highest BCUT2D eigenvalue weighted by Gasteiger charge is 2.05. The number of halogens is 2. The molecule has 0 fully saturated rings. The maximum absolute atomic E-state index is 13.2. The molecule has 0 atom stereocenters. The molecule has 150 valence electrons. The van der Waals surface area contributed by atoms with Gasteiger partial charge in [-0.15, -0.1) is 24.0 Å². The molecule has 2 aromatic rings. The SMILES string of the molecule is CCNC(=NCCCC(=O)OCC)NCCc1c[nH]c2cc(F)ccc12.I. The van der Waals surface area contributed by atoms with Crippen molar-refractivity contribution >= 4 is 46.8 Å². The lowest BCUT2D eigenvalue weighted by molar-refractivity contribution is -0.143. The fourth-order valence-corrected chi connectivity index (χ4v) is 2.67. The third-order valence-electron chi connectivity index (χ3n) is 3.87. The Morgan fingerprint density at radius 3 is 2.85 bits per heavy atom. The normalized spacial score (nSPS) is 11.1. The Hall–Kier alpha value is -1.84. The second-order valence-electron chi connectivity index (χ2n) is 5.85. The highest BCUT2D eigenvalue weighted by molar-refractivity contribution is 14.0. The van der Waals surface area contributed by atoms with Crippen molar-refractivity contribution in [1.82, 2.24) is 15.6 Å². The van der Waals surface area contributed by atoms with Crippen LogP contribution in [0.3, 0.4) is 0 Å². The molecule has 0 radical (unpaired) electrons. The molecule has 1 aromatic heterocycles. The van der Waals surface area contributed by atoms with E-state index in [-0.39, 0.29) is 35.8 Å². The van der Waals surface area contributed by atoms with E-state index in [0.717, 1.165) is 35.4 Å². The lowest BCUT2D eigenvalue weighted by Crippen LogP contribution is -2.38. The second-order valence-corrected chi connectivity index (χ2v) is 5.85. The van der Waals surface area contributed by atoms with Gasteiger partial charge in [0.15, 0.2) is 5.96 Å². The summed E-state index contributed by atoms with van der Waals surface area (Å²) >= 11 is 0. The predicted molar refractivity (Wildman–Crippen MR) is 117 cm³/mol. The fourth-order valence-electron chi connectivity index (χ4n) is 2.67. The Kier molecular flexibility index (Phi) is 10.8. The summed E-state index contributed by atoms with van der Waals surface area (Å²) in [5.41, 5.74) is 1.94. The van der Waals surface area contributed by atoms with Crippen molar-refractivity contribution < 1.29 is 13.9 Å². The molecule has 0 saturated heterocycles. The van der Waals surface area contributed by atoms with Crippen LogP contribution in [-0.4, -0.2) is 43.2 Å². The van der Waals surface area contributed by atoms with Gasteiger partial charge in [0.05, 0.1) is 6.61 Å². The van der Waals surface area contributed by atoms with Gasteiger partial charge in [-0.2, -0.15) is 0 Å². The number of rotatable bonds is 9. The molecule has 0 spiro atoms. The number of ether oxygens (including phenoxy) is 1. The minimum absolute atomic E-state index is 0. The fraction of sp³-hybridized carbons (Fsp3) is 0.474. The molecule has 1 aromatic carbocycles. The van der Waals surface area contributed by atoms with E-state index in [1.54, 1.807) is 13.0 Å². The average molecular weight is 490 g/mol. The van der Waals surface area contributed by atoms with E-state index in [9.17, 15) is 9.18 Å². The molecule has 6 nitrogen and oxygen atoms in total. The van der Waals surface area contributed by atoms with Crippen LogP contribution in [-0.2, 0) is 16.0 Å². The molecule has 0 bridgehead atoms. The molecule has 0 unspecified atom stereocenters. The molecule has 0 aliphatic rings. The molecule has 0 amide bonds. The molecule has 2 rings (SSSR count). The third-order valence-corrected chi connectivity index (χ3v) is 3.87. The van der Waals surface area contributed by atoms with E-state index in [4.69, 9.17) is 4.74 Å². The van der Waals surface area contributed by atoms with E-state index in [2.05, 4.69) is 20.6 Å². The largest absolute Gasteiger partial charge is 0.466 e. The topological polar surface area (TPSA) is 78.5 Å². The van der Waals surface area contributed by atoms with Crippen LogP contribution in [0.4, 0.5) is 4.39 Å². The van der Waals surface area contributed by atoms with Gasteiger partial charge in [0.25, 0.3) is 0 Å². The number of H-pyrrole nitrogens is 1. The number of fused-ring (bicyclic) bond motifs is 1. The van der Waals surface area contributed by atoms with E-state index in [1.807, 2.05) is 13.1 Å². The lowest BCUT2D eigenvalue weighted by Gasteiger charge is -2.11. The molecule has 0 aliphatic carbocycles. The van der Waals surface area contributed by atoms with Gasteiger partial charge < -0.3 is 20.4 Å². The number of hydrogen-bond acceptors (Lipinski definition) is 3. The summed E-state index contributed by atoms with van der Waals surface area (Å²) in [4.78, 5) is 18.9. The highest BCUT2D eigenvalue weighted by Crippen LogP contribution is 2.19. The third kappa shape index (κ3) is 7.74. The van der Waals surface area contributed by atoms with E-state index >= 15 is 0 Å². The Bertz CT molecular complexity index is 748. The number of guanidine groups is 1. The van der Waals surface area contributed by atoms with E-state index in [1.165, 1.54) is 12.1 Å². The summed E-state index contributed by atoms with van der Waals surface area (Å²) in [6.07, 6.45) is 3.74. The number of nitrogens with one attached hydrogen (secondary N) is 3. The van der Waals surface area contributed by atoms with Gasteiger partial charge in [-0.3, -0.25) is 9.79 Å². The van der Waals surface area contributed by atoms with Crippen LogP contribution in [0.25, 0.3) is 10.9 Å². The van der Waals surface area contributed by atoms with Gasteiger partial charge in [0.2, 0.25) is 0 Å². The van der Waals surface area contributed by atoms with Crippen molar-refractivity contribution in [3.63, 3.8) is 0 Å². The van der Waals surface area contributed by atoms with Gasteiger partial charge in [-0.05, 0) is 50.5 Å². The van der Waals surface area contributed by atoms with Crippen LogP contribution >= 0.6 is 24.0 Å². The first-order valence-electron chi connectivity index (χ1n) is 9.07. The highest BCUT2D eigenvalue weighted by atomic mass is 127. The van der Waals surface area contributed by atoms with Gasteiger partial charge in [-0.1, -0.05) is 0 Å². The van der Waals surface area contributed by atoms with Crippen LogP contribution in [0, 0.1) is 5.82 Å². The smallest absolute Gasteiger partial charge is 0.305 e. The van der Waals surface area contributed by atoms with Crippen LogP contribution in [0.1, 0.15) is 32.3 Å². The molecular formula is C19H28FIN4O2. The average Bonchev–Trinajstić information content (AvgIpc) is 3.01. The number of carbonyl (C=O) groups excluding carboxylic acids is 1. The van der Waals surface area contributed by atoms with E-state index in [0.29, 0.717) is 32.5 Å². The number of esters is 1. The maximum atomic E-state index is 13.2. The van der Waals surface area contributed by atoms with Gasteiger partial charge in [0.1, 0.15) is 5.82 Å². The monoisotopic (exact) mass is 490 g/mol. The van der Waals surface area contributed by atoms with Crippen molar-refractivity contribution in [1.29, 1.82) is 0 Å². The van der Waals surface area contributed by atoms with Gasteiger partial charge in [-0.25, -0.2) is 4.39 Å². The summed E-state index contributed by atoms with van der Waals surface area (Å²) in [6, 6.07) is 4.77. The standard InChI is InChI=1S/C19H27FN4O2.HI/c1-3-21-19(22-10-5-6-18(25)26-4-2)23-11-9-14-13-24-17-12-15(20)7-8-16(14)17;/h7-8,12-13,24H,3-6,9-11H2,1-2H3,(H2,21,22,23);1H. The zero-order chi connectivity index (χ0) is 18.8. The number of benzene rings is 1. The second kappa shape index (κ2) is 12.5. The zero-order valence-corrected chi connectivity index (χ0v) is 18.1. The molecule has 3 N–H and O–H groups in total. The maximum Gasteiger partial charge on any atom is 0.305 e. The van der Waals surface area contributed by atoms with Crippen molar-refractivity contribution in [2.24, 2.45) is 4.99 Å². The number of nitrogens with zero attached hydrogens (tertiary/aromatic N) is 1. The number of carbonyl (C=O) groups is 1. The Morgan fingerprint density at radius 1 is 1.30 bits per heavy atom. The number of hydrogen-bond donors (Lipinski definition) is 3. The zero-order valence-electron chi connectivity index (χ0n) is 15.8. The summed E-state index contributed by atoms with van der Waals surface area (Å²) in [6.45, 7) is 6.23. The quantitative estimate of drug-likeness (QED) is 0.166. The van der Waals surface area contributed by atoms with Crippen LogP contribution in [0.2, 0.25) is 0 Å². The number of aliphatic imine (C=N–C) groups is 1. The first-order valence-corrected chi connectivity index (χ1v) is 9.07. The Labute approximate surface area is 176 Å². The molecule has 1 heterocycles. The minimum atomic E-state index is -0.242. The van der Waals surface area contributed by atoms with Gasteiger partial charge >= 0.3 is 5.97 Å². The Balaban J connectivity index is 0.00000364. The Morgan fingerprint density at radius 2 is 2.11 bits per heavy atom. The minimum Gasteiger partial charge on any atom is -0.466 e. The molecule has 0 saturated carbocycles. The predicted octanol–water partition coefficient (Wildman–Crippen LogP) is 3.37. The summed E-state index contributed by atoms with van der Waals surface area (Å²) in [5, 5.41) is 7.50. The van der Waals surface area contributed by atoms with Crippen molar-refractivity contribution in [2.45, 2.75) is 33.1 Å². The molecule has 0 aliphatic heterocycles. The van der Waals surface area contributed by atoms with Crippen LogP contribution < -0.4 is 10.6 Å². The summed E-state index contributed by atoms with van der Waals surface area (Å²) in [5.74, 6) is 0.298. The van der Waals surface area contributed by atoms with Crippen molar-refractivity contribution in [2.75, 3.05) is 26.2 Å². The van der Waals surface area contributed by atoms with Crippen LogP contribution in [0.5, 0.6) is 0 Å². The van der Waals surface area contributed by atoms with Crippen molar-refractivity contribution in [3.05, 3.63) is 35.8 Å². The number of aromatic nitrogens is 1. The van der Waals surface area contributed by atoms with E-state index < -0.39 is 0 Å². The van der Waals surface area contributed by atoms with Gasteiger partial charge in [0, 0.05) is 43.2 Å². The molecular weight excluding hydrogens is 462 g/mol. The lowest BCUT2D eigenvalue weighted by atomic mass is 10.1. The first-order chi connectivity index (χ1) is 12.6. The van der Waals surface area contributed by atoms with Crippen LogP contribution in [0.15, 0.2) is 29.4 Å². The molecule has 8 heteroatoms.